The number of halogens is 1. The summed E-state index contributed by atoms with van der Waals surface area (Å²) in [7, 11) is 1.61. The lowest BCUT2D eigenvalue weighted by molar-refractivity contribution is -0.117. The molecule has 1 atom stereocenters. The van der Waals surface area contributed by atoms with Crippen LogP contribution in [0.5, 0.6) is 5.75 Å². The van der Waals surface area contributed by atoms with Crippen molar-refractivity contribution in [2.45, 2.75) is 19.8 Å². The van der Waals surface area contributed by atoms with Gasteiger partial charge in [-0.15, -0.1) is 12.4 Å². The largest absolute Gasteiger partial charge is 0.495 e. The highest BCUT2D eigenvalue weighted by molar-refractivity contribution is 5.93. The van der Waals surface area contributed by atoms with Crippen molar-refractivity contribution >= 4 is 24.0 Å². The number of amides is 1. The van der Waals surface area contributed by atoms with Gasteiger partial charge in [0.2, 0.25) is 5.91 Å². The molecule has 22 heavy (non-hydrogen) atoms. The van der Waals surface area contributed by atoms with Crippen LogP contribution >= 0.6 is 12.4 Å². The van der Waals surface area contributed by atoms with Gasteiger partial charge in [-0.05, 0) is 56.5 Å². The van der Waals surface area contributed by atoms with E-state index in [2.05, 4.69) is 10.2 Å². The van der Waals surface area contributed by atoms with Crippen molar-refractivity contribution in [2.24, 2.45) is 11.7 Å². The van der Waals surface area contributed by atoms with E-state index in [9.17, 15) is 4.79 Å². The second-order valence-electron chi connectivity index (χ2n) is 5.73. The number of ether oxygens (including phenoxy) is 1. The minimum atomic E-state index is -0.00317. The number of likely N-dealkylation sites (tertiary alicyclic amines) is 1. The molecule has 3 N–H and O–H groups in total. The Bertz CT molecular complexity index is 496. The van der Waals surface area contributed by atoms with Crippen LogP contribution in [0.3, 0.4) is 0 Å². The maximum atomic E-state index is 12.2. The fourth-order valence-electron chi connectivity index (χ4n) is 2.80. The van der Waals surface area contributed by atoms with Crippen molar-refractivity contribution < 1.29 is 9.53 Å². The van der Waals surface area contributed by atoms with Crippen LogP contribution in [0.25, 0.3) is 0 Å². The maximum Gasteiger partial charge on any atom is 0.238 e. The summed E-state index contributed by atoms with van der Waals surface area (Å²) in [6.07, 6.45) is 2.28. The highest BCUT2D eigenvalue weighted by atomic mass is 35.5. The molecule has 1 saturated heterocycles. The molecule has 6 heteroatoms. The van der Waals surface area contributed by atoms with E-state index in [1.54, 1.807) is 7.11 Å². The molecule has 1 unspecified atom stereocenters. The zero-order valence-electron chi connectivity index (χ0n) is 13.3. The standard InChI is InChI=1S/C16H25N3O2.ClH/c1-12-5-6-15(21-2)14(8-12)18-16(20)11-19-7-3-4-13(9-17)10-19;/h5-6,8,13H,3-4,7,9-11,17H2,1-2H3,(H,18,20);1H. The third kappa shape index (κ3) is 5.16. The molecular weight excluding hydrogens is 302 g/mol. The van der Waals surface area contributed by atoms with Crippen molar-refractivity contribution in [3.05, 3.63) is 23.8 Å². The number of anilines is 1. The molecule has 0 aromatic heterocycles. The zero-order chi connectivity index (χ0) is 15.2. The predicted octanol–water partition coefficient (Wildman–Crippen LogP) is 2.03. The van der Waals surface area contributed by atoms with Gasteiger partial charge in [-0.2, -0.15) is 0 Å². The Labute approximate surface area is 138 Å². The van der Waals surface area contributed by atoms with Crippen molar-refractivity contribution in [1.82, 2.24) is 4.90 Å². The predicted molar refractivity (Wildman–Crippen MR) is 91.8 cm³/mol. The highest BCUT2D eigenvalue weighted by Crippen LogP contribution is 2.25. The second kappa shape index (κ2) is 8.98. The molecule has 1 aliphatic rings. The highest BCUT2D eigenvalue weighted by Gasteiger charge is 2.20. The van der Waals surface area contributed by atoms with E-state index in [1.807, 2.05) is 25.1 Å². The SMILES string of the molecule is COc1ccc(C)cc1NC(=O)CN1CCCC(CN)C1.Cl. The van der Waals surface area contributed by atoms with Crippen molar-refractivity contribution in [1.29, 1.82) is 0 Å². The normalized spacial score (nSPS) is 18.4. The number of nitrogens with one attached hydrogen (secondary N) is 1. The fourth-order valence-corrected chi connectivity index (χ4v) is 2.80. The van der Waals surface area contributed by atoms with Crippen LogP contribution in [0.15, 0.2) is 18.2 Å². The van der Waals surface area contributed by atoms with E-state index in [0.717, 1.165) is 30.8 Å². The monoisotopic (exact) mass is 327 g/mol. The molecule has 1 amide bonds. The molecule has 1 aliphatic heterocycles. The Morgan fingerprint density at radius 1 is 1.50 bits per heavy atom. The van der Waals surface area contributed by atoms with Gasteiger partial charge < -0.3 is 15.8 Å². The Morgan fingerprint density at radius 2 is 2.27 bits per heavy atom. The molecular formula is C16H26ClN3O2. The number of hydrogen-bond donors (Lipinski definition) is 2. The lowest BCUT2D eigenvalue weighted by Crippen LogP contribution is -2.42. The maximum absolute atomic E-state index is 12.2. The first kappa shape index (κ1) is 18.7. The topological polar surface area (TPSA) is 67.6 Å². The fraction of sp³-hybridized carbons (Fsp3) is 0.562. The summed E-state index contributed by atoms with van der Waals surface area (Å²) >= 11 is 0. The number of carbonyl (C=O) groups excluding carboxylic acids is 1. The minimum absolute atomic E-state index is 0. The van der Waals surface area contributed by atoms with E-state index in [0.29, 0.717) is 24.8 Å². The third-order valence-electron chi connectivity index (χ3n) is 3.93. The molecule has 124 valence electrons. The van der Waals surface area contributed by atoms with E-state index < -0.39 is 0 Å². The molecule has 1 fully saturated rings. The van der Waals surface area contributed by atoms with Gasteiger partial charge in [0.25, 0.3) is 0 Å². The average molecular weight is 328 g/mol. The van der Waals surface area contributed by atoms with E-state index in [-0.39, 0.29) is 18.3 Å². The summed E-state index contributed by atoms with van der Waals surface area (Å²) in [5.41, 5.74) is 7.55. The summed E-state index contributed by atoms with van der Waals surface area (Å²) in [6, 6.07) is 5.76. The number of hydrogen-bond acceptors (Lipinski definition) is 4. The van der Waals surface area contributed by atoms with Crippen LogP contribution in [0.4, 0.5) is 5.69 Å². The first-order valence-electron chi connectivity index (χ1n) is 7.49. The Hall–Kier alpha value is -1.30. The van der Waals surface area contributed by atoms with Gasteiger partial charge in [0.15, 0.2) is 0 Å². The number of rotatable bonds is 5. The lowest BCUT2D eigenvalue weighted by atomic mass is 9.98. The molecule has 5 nitrogen and oxygen atoms in total. The zero-order valence-corrected chi connectivity index (χ0v) is 14.1. The van der Waals surface area contributed by atoms with Gasteiger partial charge in [0.1, 0.15) is 5.75 Å². The van der Waals surface area contributed by atoms with Crippen LogP contribution in [-0.4, -0.2) is 44.1 Å². The van der Waals surface area contributed by atoms with Crippen LogP contribution in [0, 0.1) is 12.8 Å². The summed E-state index contributed by atoms with van der Waals surface area (Å²) in [5, 5.41) is 2.95. The summed E-state index contributed by atoms with van der Waals surface area (Å²) in [5.74, 6) is 1.20. The number of aryl methyl sites for hydroxylation is 1. The molecule has 1 aromatic carbocycles. The third-order valence-corrected chi connectivity index (χ3v) is 3.93. The molecule has 1 aromatic rings. The number of piperidine rings is 1. The van der Waals surface area contributed by atoms with Crippen molar-refractivity contribution in [3.63, 3.8) is 0 Å². The van der Waals surface area contributed by atoms with E-state index in [4.69, 9.17) is 10.5 Å². The first-order valence-corrected chi connectivity index (χ1v) is 7.49. The van der Waals surface area contributed by atoms with Gasteiger partial charge in [-0.1, -0.05) is 6.07 Å². The first-order chi connectivity index (χ1) is 10.1. The smallest absolute Gasteiger partial charge is 0.238 e. The van der Waals surface area contributed by atoms with Crippen LogP contribution < -0.4 is 15.8 Å². The Morgan fingerprint density at radius 3 is 2.95 bits per heavy atom. The minimum Gasteiger partial charge on any atom is -0.495 e. The van der Waals surface area contributed by atoms with Gasteiger partial charge in [0.05, 0.1) is 19.3 Å². The molecule has 0 saturated carbocycles. The number of benzene rings is 1. The molecule has 0 radical (unpaired) electrons. The summed E-state index contributed by atoms with van der Waals surface area (Å²) in [4.78, 5) is 14.4. The molecule has 1 heterocycles. The lowest BCUT2D eigenvalue weighted by Gasteiger charge is -2.31. The molecule has 0 bridgehead atoms. The Balaban J connectivity index is 0.00000242. The van der Waals surface area contributed by atoms with Crippen LogP contribution in [0.2, 0.25) is 0 Å². The van der Waals surface area contributed by atoms with Crippen LogP contribution in [-0.2, 0) is 4.79 Å². The number of nitrogens with two attached hydrogens (primary N) is 1. The van der Waals surface area contributed by atoms with Crippen molar-refractivity contribution in [3.8, 4) is 5.75 Å². The van der Waals surface area contributed by atoms with Gasteiger partial charge in [-0.25, -0.2) is 0 Å². The molecule has 2 rings (SSSR count). The van der Waals surface area contributed by atoms with Gasteiger partial charge in [-0.3, -0.25) is 9.69 Å². The Kier molecular flexibility index (Phi) is 7.65. The molecule has 0 spiro atoms. The summed E-state index contributed by atoms with van der Waals surface area (Å²) in [6.45, 7) is 4.98. The summed E-state index contributed by atoms with van der Waals surface area (Å²) < 4.78 is 5.28. The van der Waals surface area contributed by atoms with E-state index in [1.165, 1.54) is 6.42 Å². The van der Waals surface area contributed by atoms with Gasteiger partial charge in [0, 0.05) is 6.54 Å². The van der Waals surface area contributed by atoms with Gasteiger partial charge >= 0.3 is 0 Å². The van der Waals surface area contributed by atoms with Crippen LogP contribution in [0.1, 0.15) is 18.4 Å². The average Bonchev–Trinajstić information content (AvgIpc) is 2.47. The van der Waals surface area contributed by atoms with E-state index >= 15 is 0 Å². The number of nitrogens with zero attached hydrogens (tertiary/aromatic N) is 1. The quantitative estimate of drug-likeness (QED) is 0.868. The second-order valence-corrected chi connectivity index (χ2v) is 5.73. The number of carbonyl (C=O) groups is 1. The number of methoxy groups -OCH3 is 1. The molecule has 0 aliphatic carbocycles. The van der Waals surface area contributed by atoms with Crippen molar-refractivity contribution in [2.75, 3.05) is 38.6 Å².